The SMILES string of the molecule is O=C1N=CC=CN2NNCC12. The van der Waals surface area contributed by atoms with Gasteiger partial charge < -0.3 is 0 Å². The summed E-state index contributed by atoms with van der Waals surface area (Å²) in [7, 11) is 0. The molecular weight excluding hydrogens is 144 g/mol. The molecule has 1 saturated heterocycles. The van der Waals surface area contributed by atoms with Gasteiger partial charge in [-0.2, -0.15) is 5.53 Å². The summed E-state index contributed by atoms with van der Waals surface area (Å²) in [5, 5.41) is 1.70. The van der Waals surface area contributed by atoms with E-state index < -0.39 is 0 Å². The average Bonchev–Trinajstić information content (AvgIpc) is 2.40. The predicted octanol–water partition coefficient (Wildman–Crippen LogP) is -1.20. The fourth-order valence-corrected chi connectivity index (χ4v) is 1.09. The third-order valence-corrected chi connectivity index (χ3v) is 1.66. The molecule has 0 saturated carbocycles. The highest BCUT2D eigenvalue weighted by atomic mass is 16.2. The van der Waals surface area contributed by atoms with Crippen molar-refractivity contribution in [2.24, 2.45) is 4.99 Å². The van der Waals surface area contributed by atoms with Gasteiger partial charge in [0.05, 0.1) is 0 Å². The lowest BCUT2D eigenvalue weighted by atomic mass is 10.3. The summed E-state index contributed by atoms with van der Waals surface area (Å²) in [4.78, 5) is 14.8. The topological polar surface area (TPSA) is 56.7 Å². The van der Waals surface area contributed by atoms with Gasteiger partial charge in [-0.25, -0.2) is 10.4 Å². The standard InChI is InChI=1S/C6H8N4O/c11-6-5-4-8-9-10(5)3-1-2-7-6/h1-3,5,8-9H,4H2. The normalized spacial score (nSPS) is 28.9. The number of carbonyl (C=O) groups excluding carboxylic acids is 1. The third kappa shape index (κ3) is 1.04. The van der Waals surface area contributed by atoms with Crippen molar-refractivity contribution in [1.82, 2.24) is 16.0 Å². The molecule has 11 heavy (non-hydrogen) atoms. The molecule has 0 radical (unpaired) electrons. The summed E-state index contributed by atoms with van der Waals surface area (Å²) in [5.41, 5.74) is 5.68. The Kier molecular flexibility index (Phi) is 1.45. The van der Waals surface area contributed by atoms with Crippen molar-refractivity contribution < 1.29 is 4.79 Å². The van der Waals surface area contributed by atoms with E-state index in [0.717, 1.165) is 0 Å². The van der Waals surface area contributed by atoms with Crippen LogP contribution in [-0.4, -0.2) is 29.7 Å². The molecule has 2 rings (SSSR count). The van der Waals surface area contributed by atoms with Crippen LogP contribution in [0, 0.1) is 0 Å². The van der Waals surface area contributed by atoms with Crippen molar-refractivity contribution >= 4 is 12.1 Å². The maximum Gasteiger partial charge on any atom is 0.271 e. The molecule has 1 fully saturated rings. The van der Waals surface area contributed by atoms with Crippen molar-refractivity contribution in [3.63, 3.8) is 0 Å². The zero-order chi connectivity index (χ0) is 7.68. The van der Waals surface area contributed by atoms with Crippen LogP contribution in [0.5, 0.6) is 0 Å². The lowest BCUT2D eigenvalue weighted by Crippen LogP contribution is -2.37. The lowest BCUT2D eigenvalue weighted by molar-refractivity contribution is -0.121. The Bertz CT molecular complexity index is 235. The molecule has 2 aliphatic rings. The van der Waals surface area contributed by atoms with Gasteiger partial charge in [-0.1, -0.05) is 0 Å². The van der Waals surface area contributed by atoms with E-state index in [9.17, 15) is 4.79 Å². The summed E-state index contributed by atoms with van der Waals surface area (Å²) < 4.78 is 0. The first-order chi connectivity index (χ1) is 5.38. The van der Waals surface area contributed by atoms with Gasteiger partial charge in [0.25, 0.3) is 5.91 Å². The van der Waals surface area contributed by atoms with Crippen LogP contribution >= 0.6 is 0 Å². The van der Waals surface area contributed by atoms with Crippen LogP contribution in [-0.2, 0) is 4.79 Å². The van der Waals surface area contributed by atoms with Gasteiger partial charge in [0, 0.05) is 19.0 Å². The first kappa shape index (κ1) is 6.51. The first-order valence-corrected chi connectivity index (χ1v) is 3.39. The Balaban J connectivity index is 2.25. The van der Waals surface area contributed by atoms with E-state index in [4.69, 9.17) is 0 Å². The summed E-state index contributed by atoms with van der Waals surface area (Å²) in [5.74, 6) is -0.118. The molecule has 1 atom stereocenters. The van der Waals surface area contributed by atoms with Crippen LogP contribution in [0.4, 0.5) is 0 Å². The molecule has 0 bridgehead atoms. The Hall–Kier alpha value is -1.20. The van der Waals surface area contributed by atoms with E-state index >= 15 is 0 Å². The average molecular weight is 152 g/mol. The highest BCUT2D eigenvalue weighted by molar-refractivity contribution is 5.93. The molecule has 2 aliphatic heterocycles. The summed E-state index contributed by atoms with van der Waals surface area (Å²) in [6.45, 7) is 0.598. The van der Waals surface area contributed by atoms with Gasteiger partial charge in [0.1, 0.15) is 6.04 Å². The monoisotopic (exact) mass is 152 g/mol. The Morgan fingerprint density at radius 2 is 2.64 bits per heavy atom. The second-order valence-corrected chi connectivity index (χ2v) is 2.37. The third-order valence-electron chi connectivity index (χ3n) is 1.66. The molecule has 0 aromatic carbocycles. The van der Waals surface area contributed by atoms with Gasteiger partial charge in [0.15, 0.2) is 0 Å². The molecule has 58 valence electrons. The minimum absolute atomic E-state index is 0.118. The molecule has 0 spiro atoms. The van der Waals surface area contributed by atoms with Crippen LogP contribution < -0.4 is 11.0 Å². The van der Waals surface area contributed by atoms with E-state index in [1.165, 1.54) is 6.21 Å². The Morgan fingerprint density at radius 1 is 1.73 bits per heavy atom. The predicted molar refractivity (Wildman–Crippen MR) is 39.4 cm³/mol. The minimum Gasteiger partial charge on any atom is -0.288 e. The van der Waals surface area contributed by atoms with Crippen molar-refractivity contribution in [3.8, 4) is 0 Å². The van der Waals surface area contributed by atoms with Crippen molar-refractivity contribution in [2.75, 3.05) is 6.54 Å². The quantitative estimate of drug-likeness (QED) is 0.458. The van der Waals surface area contributed by atoms with Gasteiger partial charge in [0.2, 0.25) is 0 Å². The van der Waals surface area contributed by atoms with Crippen LogP contribution in [0.1, 0.15) is 0 Å². The maximum atomic E-state index is 11.1. The molecule has 1 unspecified atom stereocenters. The zero-order valence-electron chi connectivity index (χ0n) is 5.82. The highest BCUT2D eigenvalue weighted by Gasteiger charge is 2.28. The fourth-order valence-electron chi connectivity index (χ4n) is 1.09. The molecule has 2 N–H and O–H groups in total. The smallest absolute Gasteiger partial charge is 0.271 e. The Labute approximate surface area is 63.7 Å². The fraction of sp³-hybridized carbons (Fsp3) is 0.333. The van der Waals surface area contributed by atoms with Crippen molar-refractivity contribution in [1.29, 1.82) is 0 Å². The van der Waals surface area contributed by atoms with Gasteiger partial charge in [-0.05, 0) is 6.08 Å². The lowest BCUT2D eigenvalue weighted by Gasteiger charge is -2.15. The number of rotatable bonds is 0. The number of aliphatic imine (C=N–C) groups is 1. The van der Waals surface area contributed by atoms with Crippen LogP contribution in [0.3, 0.4) is 0 Å². The summed E-state index contributed by atoms with van der Waals surface area (Å²) >= 11 is 0. The highest BCUT2D eigenvalue weighted by Crippen LogP contribution is 2.04. The molecule has 0 aliphatic carbocycles. The number of hydrogen-bond acceptors (Lipinski definition) is 4. The van der Waals surface area contributed by atoms with Gasteiger partial charge in [-0.15, -0.1) is 0 Å². The summed E-state index contributed by atoms with van der Waals surface area (Å²) in [6, 6.07) is -0.190. The van der Waals surface area contributed by atoms with E-state index in [1.807, 2.05) is 0 Å². The largest absolute Gasteiger partial charge is 0.288 e. The molecule has 5 nitrogen and oxygen atoms in total. The van der Waals surface area contributed by atoms with E-state index in [0.29, 0.717) is 6.54 Å². The zero-order valence-corrected chi connectivity index (χ0v) is 5.82. The second kappa shape index (κ2) is 2.44. The molecule has 2 heterocycles. The van der Waals surface area contributed by atoms with E-state index in [-0.39, 0.29) is 11.9 Å². The van der Waals surface area contributed by atoms with Crippen LogP contribution in [0.25, 0.3) is 0 Å². The number of nitrogens with zero attached hydrogens (tertiary/aromatic N) is 2. The number of fused-ring (bicyclic) bond motifs is 1. The maximum absolute atomic E-state index is 11.1. The van der Waals surface area contributed by atoms with E-state index in [1.54, 1.807) is 17.3 Å². The van der Waals surface area contributed by atoms with Crippen molar-refractivity contribution in [3.05, 3.63) is 12.3 Å². The number of hydrogen-bond donors (Lipinski definition) is 2. The van der Waals surface area contributed by atoms with Gasteiger partial charge >= 0.3 is 0 Å². The Morgan fingerprint density at radius 3 is 3.55 bits per heavy atom. The van der Waals surface area contributed by atoms with Crippen LogP contribution in [0.15, 0.2) is 17.3 Å². The number of nitrogens with one attached hydrogen (secondary N) is 2. The molecule has 5 heteroatoms. The molecule has 0 aromatic rings. The number of allylic oxidation sites excluding steroid dienone is 1. The number of hydrazine groups is 2. The molecular formula is C6H8N4O. The van der Waals surface area contributed by atoms with Crippen molar-refractivity contribution in [2.45, 2.75) is 6.04 Å². The number of amides is 1. The summed E-state index contributed by atoms with van der Waals surface area (Å²) in [6.07, 6.45) is 5.00. The molecule has 0 aromatic heterocycles. The minimum atomic E-state index is -0.190. The second-order valence-electron chi connectivity index (χ2n) is 2.37. The number of carbonyl (C=O) groups is 1. The molecule has 1 amide bonds. The van der Waals surface area contributed by atoms with Gasteiger partial charge in [-0.3, -0.25) is 9.80 Å². The first-order valence-electron chi connectivity index (χ1n) is 3.39. The van der Waals surface area contributed by atoms with Crippen LogP contribution in [0.2, 0.25) is 0 Å². The van der Waals surface area contributed by atoms with E-state index in [2.05, 4.69) is 16.0 Å².